The highest BCUT2D eigenvalue weighted by Crippen LogP contribution is 2.36. The molecule has 1 fully saturated rings. The number of nitrogens with one attached hydrogen (secondary N) is 2. The predicted octanol–water partition coefficient (Wildman–Crippen LogP) is 3.27. The van der Waals surface area contributed by atoms with E-state index in [-0.39, 0.29) is 17.5 Å². The number of aromatic nitrogens is 3. The zero-order valence-electron chi connectivity index (χ0n) is 23.9. The number of halogens is 1. The van der Waals surface area contributed by atoms with E-state index < -0.39 is 6.10 Å². The van der Waals surface area contributed by atoms with E-state index in [1.807, 2.05) is 54.4 Å². The number of hydrogen-bond acceptors (Lipinski definition) is 8. The second-order valence-corrected chi connectivity index (χ2v) is 11.1. The van der Waals surface area contributed by atoms with Gasteiger partial charge in [-0.2, -0.15) is 0 Å². The van der Waals surface area contributed by atoms with Gasteiger partial charge in [-0.1, -0.05) is 35.9 Å². The molecule has 5 rings (SSSR count). The highest BCUT2D eigenvalue weighted by Gasteiger charge is 2.20. The Balaban J connectivity index is 1.37. The van der Waals surface area contributed by atoms with Crippen LogP contribution in [-0.2, 0) is 17.9 Å². The first kappa shape index (κ1) is 29.7. The van der Waals surface area contributed by atoms with E-state index >= 15 is 0 Å². The molecule has 0 aliphatic carbocycles. The van der Waals surface area contributed by atoms with E-state index in [9.17, 15) is 14.7 Å². The van der Waals surface area contributed by atoms with Crippen LogP contribution in [0.5, 0.6) is 5.88 Å². The number of benzene rings is 1. The van der Waals surface area contributed by atoms with E-state index in [1.165, 1.54) is 4.40 Å². The normalized spacial score (nSPS) is 15.8. The van der Waals surface area contributed by atoms with Crippen LogP contribution in [0.3, 0.4) is 0 Å². The summed E-state index contributed by atoms with van der Waals surface area (Å²) in [6.07, 6.45) is 4.22. The summed E-state index contributed by atoms with van der Waals surface area (Å²) < 4.78 is 7.11. The largest absolute Gasteiger partial charge is 0.481 e. The number of aliphatic hydroxyl groups excluding tert-OH is 1. The maximum atomic E-state index is 13.1. The molecule has 0 saturated carbocycles. The van der Waals surface area contributed by atoms with Crippen LogP contribution in [0, 0.1) is 0 Å². The Kier molecular flexibility index (Phi) is 9.18. The lowest BCUT2D eigenvalue weighted by Crippen LogP contribution is -2.35. The van der Waals surface area contributed by atoms with Crippen LogP contribution in [0.15, 0.2) is 59.7 Å². The Morgan fingerprint density at radius 2 is 2.02 bits per heavy atom. The van der Waals surface area contributed by atoms with Crippen molar-refractivity contribution in [1.29, 1.82) is 0 Å². The molecule has 0 radical (unpaired) electrons. The number of rotatable bonds is 11. The van der Waals surface area contributed by atoms with Crippen molar-refractivity contribution >= 4 is 23.2 Å². The summed E-state index contributed by atoms with van der Waals surface area (Å²) in [6.45, 7) is 3.79. The van der Waals surface area contributed by atoms with Gasteiger partial charge in [0.1, 0.15) is 5.65 Å². The standard InChI is InChI=1S/C31H35ClN6O4/c1-19(39)17-37(2)18-22-15-34-27-13-20(11-12-38(27)31(22)41)24-5-4-6-25(29(24)32)26-9-7-21(30(36-26)42-3)14-33-16-23-8-10-28(40)35-23/h4-7,9,11-13,15,19,23,33,39H,8,10,14,16-18H2,1-3H3,(H,35,40)/t19?,23-/m0/s1. The van der Waals surface area contributed by atoms with Gasteiger partial charge in [0, 0.05) is 67.7 Å². The highest BCUT2D eigenvalue weighted by molar-refractivity contribution is 6.36. The van der Waals surface area contributed by atoms with Gasteiger partial charge < -0.3 is 20.5 Å². The zero-order valence-corrected chi connectivity index (χ0v) is 24.7. The Hall–Kier alpha value is -3.83. The Morgan fingerprint density at radius 1 is 1.21 bits per heavy atom. The van der Waals surface area contributed by atoms with Crippen LogP contribution in [0.25, 0.3) is 28.0 Å². The van der Waals surface area contributed by atoms with Crippen molar-refractivity contribution < 1.29 is 14.6 Å². The van der Waals surface area contributed by atoms with E-state index in [2.05, 4.69) is 15.6 Å². The molecule has 4 aromatic rings. The molecular weight excluding hydrogens is 556 g/mol. The van der Waals surface area contributed by atoms with E-state index in [1.54, 1.807) is 26.4 Å². The van der Waals surface area contributed by atoms with Gasteiger partial charge in [0.2, 0.25) is 11.8 Å². The summed E-state index contributed by atoms with van der Waals surface area (Å²) in [5, 5.41) is 16.5. The molecule has 3 aromatic heterocycles. The SMILES string of the molecule is COc1nc(-c2cccc(-c3ccn4c(=O)c(CN(C)CC(C)O)cnc4c3)c2Cl)ccc1CNC[C@@H]1CCC(=O)N1. The van der Waals surface area contributed by atoms with Gasteiger partial charge in [0.05, 0.1) is 29.5 Å². The molecule has 0 bridgehead atoms. The average Bonchev–Trinajstić information content (AvgIpc) is 3.39. The molecule has 1 saturated heterocycles. The lowest BCUT2D eigenvalue weighted by molar-refractivity contribution is -0.119. The van der Waals surface area contributed by atoms with Gasteiger partial charge >= 0.3 is 0 Å². The van der Waals surface area contributed by atoms with Crippen LogP contribution < -0.4 is 20.9 Å². The summed E-state index contributed by atoms with van der Waals surface area (Å²) in [7, 11) is 3.44. The fourth-order valence-electron chi connectivity index (χ4n) is 5.29. The topological polar surface area (TPSA) is 121 Å². The number of likely N-dealkylation sites (N-methyl/N-ethyl adjacent to an activating group) is 1. The molecule has 1 unspecified atom stereocenters. The third kappa shape index (κ3) is 6.63. The van der Waals surface area contributed by atoms with Gasteiger partial charge in [-0.05, 0) is 44.2 Å². The van der Waals surface area contributed by atoms with Crippen molar-refractivity contribution in [2.24, 2.45) is 0 Å². The van der Waals surface area contributed by atoms with Crippen molar-refractivity contribution in [2.45, 2.75) is 45.0 Å². The lowest BCUT2D eigenvalue weighted by Gasteiger charge is -2.18. The average molecular weight is 591 g/mol. The molecule has 220 valence electrons. The van der Waals surface area contributed by atoms with Crippen LogP contribution in [-0.4, -0.2) is 69.7 Å². The first-order valence-corrected chi connectivity index (χ1v) is 14.3. The third-order valence-corrected chi connectivity index (χ3v) is 7.71. The molecular formula is C31H35ClN6O4. The first-order chi connectivity index (χ1) is 20.2. The summed E-state index contributed by atoms with van der Waals surface area (Å²) in [4.78, 5) is 35.7. The van der Waals surface area contributed by atoms with Gasteiger partial charge in [-0.25, -0.2) is 9.97 Å². The van der Waals surface area contributed by atoms with Gasteiger partial charge in [0.15, 0.2) is 0 Å². The Labute approximate surface area is 249 Å². The molecule has 1 aliphatic rings. The number of carbonyl (C=O) groups excluding carboxylic acids is 1. The van der Waals surface area contributed by atoms with E-state index in [4.69, 9.17) is 21.3 Å². The van der Waals surface area contributed by atoms with E-state index in [0.717, 1.165) is 28.7 Å². The maximum absolute atomic E-state index is 13.1. The first-order valence-electron chi connectivity index (χ1n) is 13.9. The predicted molar refractivity (Wildman–Crippen MR) is 163 cm³/mol. The van der Waals surface area contributed by atoms with Crippen molar-refractivity contribution in [3.8, 4) is 28.3 Å². The summed E-state index contributed by atoms with van der Waals surface area (Å²) in [5.74, 6) is 0.599. The molecule has 10 nitrogen and oxygen atoms in total. The number of aliphatic hydroxyl groups is 1. The number of hydrogen-bond donors (Lipinski definition) is 3. The fourth-order valence-corrected chi connectivity index (χ4v) is 5.62. The minimum absolute atomic E-state index is 0.0977. The monoisotopic (exact) mass is 590 g/mol. The lowest BCUT2D eigenvalue weighted by atomic mass is 10.0. The van der Waals surface area contributed by atoms with E-state index in [0.29, 0.717) is 60.4 Å². The molecule has 42 heavy (non-hydrogen) atoms. The minimum Gasteiger partial charge on any atom is -0.481 e. The molecule has 2 atom stereocenters. The van der Waals surface area contributed by atoms with Crippen molar-refractivity contribution in [1.82, 2.24) is 29.9 Å². The number of pyridine rings is 2. The van der Waals surface area contributed by atoms with Crippen LogP contribution in [0.2, 0.25) is 5.02 Å². The number of ether oxygens (including phenoxy) is 1. The van der Waals surface area contributed by atoms with Crippen molar-refractivity contribution in [3.05, 3.63) is 81.4 Å². The second kappa shape index (κ2) is 13.0. The third-order valence-electron chi connectivity index (χ3n) is 7.31. The number of amides is 1. The molecule has 0 spiro atoms. The molecule has 11 heteroatoms. The summed E-state index contributed by atoms with van der Waals surface area (Å²) >= 11 is 6.95. The molecule has 1 aromatic carbocycles. The summed E-state index contributed by atoms with van der Waals surface area (Å²) in [5.41, 5.74) is 4.84. The van der Waals surface area contributed by atoms with Crippen molar-refractivity contribution in [2.75, 3.05) is 27.2 Å². The highest BCUT2D eigenvalue weighted by atomic mass is 35.5. The minimum atomic E-state index is -0.487. The summed E-state index contributed by atoms with van der Waals surface area (Å²) in [6, 6.07) is 13.5. The number of nitrogens with zero attached hydrogens (tertiary/aromatic N) is 4. The molecule has 4 heterocycles. The maximum Gasteiger partial charge on any atom is 0.262 e. The second-order valence-electron chi connectivity index (χ2n) is 10.7. The molecule has 1 aliphatic heterocycles. The number of methoxy groups -OCH3 is 1. The quantitative estimate of drug-likeness (QED) is 0.243. The molecule has 3 N–H and O–H groups in total. The molecule has 1 amide bonds. The fraction of sp³-hybridized carbons (Fsp3) is 0.355. The Morgan fingerprint density at radius 3 is 2.76 bits per heavy atom. The number of carbonyl (C=O) groups is 1. The van der Waals surface area contributed by atoms with Crippen LogP contribution in [0.4, 0.5) is 0 Å². The Bertz CT molecular complexity index is 1660. The van der Waals surface area contributed by atoms with Gasteiger partial charge in [-0.3, -0.25) is 18.9 Å². The van der Waals surface area contributed by atoms with Crippen LogP contribution in [0.1, 0.15) is 30.9 Å². The van der Waals surface area contributed by atoms with Crippen molar-refractivity contribution in [3.63, 3.8) is 0 Å². The smallest absolute Gasteiger partial charge is 0.262 e. The van der Waals surface area contributed by atoms with Gasteiger partial charge in [-0.15, -0.1) is 0 Å². The number of fused-ring (bicyclic) bond motifs is 1. The van der Waals surface area contributed by atoms with Crippen LogP contribution >= 0.6 is 11.6 Å². The van der Waals surface area contributed by atoms with Gasteiger partial charge in [0.25, 0.3) is 5.56 Å². The zero-order chi connectivity index (χ0) is 29.8.